The van der Waals surface area contributed by atoms with Crippen LogP contribution < -0.4 is 5.32 Å². The van der Waals surface area contributed by atoms with Gasteiger partial charge in [-0.15, -0.1) is 0 Å². The number of benzene rings is 1. The molecule has 1 aromatic carbocycles. The average molecular weight is 375 g/mol. The molecule has 0 saturated heterocycles. The zero-order valence-corrected chi connectivity index (χ0v) is 16.3. The van der Waals surface area contributed by atoms with Gasteiger partial charge in [-0.05, 0) is 62.8 Å². The topological polar surface area (TPSA) is 72.7 Å². The lowest BCUT2D eigenvalue weighted by Gasteiger charge is -2.21. The molecule has 6 nitrogen and oxygen atoms in total. The molecule has 0 bridgehead atoms. The molecule has 2 atom stereocenters. The highest BCUT2D eigenvalue weighted by molar-refractivity contribution is 5.98. The first kappa shape index (κ1) is 18.3. The molecule has 1 saturated carbocycles. The summed E-state index contributed by atoms with van der Waals surface area (Å²) in [7, 11) is 0. The van der Waals surface area contributed by atoms with Crippen LogP contribution in [-0.4, -0.2) is 31.9 Å². The van der Waals surface area contributed by atoms with E-state index < -0.39 is 0 Å². The third kappa shape index (κ3) is 3.96. The molecular formula is C22H25N5O. The molecule has 3 aromatic rings. The van der Waals surface area contributed by atoms with Crippen molar-refractivity contribution in [1.82, 2.24) is 25.3 Å². The van der Waals surface area contributed by atoms with Gasteiger partial charge < -0.3 is 5.32 Å². The van der Waals surface area contributed by atoms with Gasteiger partial charge in [0, 0.05) is 17.9 Å². The summed E-state index contributed by atoms with van der Waals surface area (Å²) in [6.45, 7) is 4.03. The van der Waals surface area contributed by atoms with Gasteiger partial charge in [0.25, 0.3) is 5.91 Å². The Morgan fingerprint density at radius 3 is 2.64 bits per heavy atom. The summed E-state index contributed by atoms with van der Waals surface area (Å²) < 4.78 is 0. The highest BCUT2D eigenvalue weighted by Gasteiger charge is 2.30. The standard InChI is InChI=1S/C22H25N5O/c1-15-7-9-21(27-24-10-11-25-27)19(12-15)22(28)26-20-5-3-4-17(20)13-18-8-6-16(2)14-23-18/h6-12,14,17,20H,3-5,13H2,1-2H3,(H,26,28). The van der Waals surface area contributed by atoms with E-state index in [0.717, 1.165) is 36.9 Å². The Kier molecular flexibility index (Phi) is 5.19. The molecule has 1 aliphatic rings. The molecular weight excluding hydrogens is 350 g/mol. The van der Waals surface area contributed by atoms with Crippen molar-refractivity contribution in [2.75, 3.05) is 0 Å². The summed E-state index contributed by atoms with van der Waals surface area (Å²) in [4.78, 5) is 19.2. The summed E-state index contributed by atoms with van der Waals surface area (Å²) in [6.07, 6.45) is 9.28. The zero-order chi connectivity index (χ0) is 19.5. The smallest absolute Gasteiger partial charge is 0.253 e. The number of pyridine rings is 1. The molecule has 2 aromatic heterocycles. The molecule has 28 heavy (non-hydrogen) atoms. The van der Waals surface area contributed by atoms with Gasteiger partial charge in [-0.3, -0.25) is 9.78 Å². The third-order valence-corrected chi connectivity index (χ3v) is 5.45. The molecule has 1 fully saturated rings. The molecule has 2 unspecified atom stereocenters. The van der Waals surface area contributed by atoms with Gasteiger partial charge in [0.2, 0.25) is 0 Å². The molecule has 144 valence electrons. The van der Waals surface area contributed by atoms with E-state index in [4.69, 9.17) is 0 Å². The van der Waals surface area contributed by atoms with Gasteiger partial charge in [0.15, 0.2) is 0 Å². The second kappa shape index (κ2) is 7.92. The van der Waals surface area contributed by atoms with E-state index >= 15 is 0 Å². The summed E-state index contributed by atoms with van der Waals surface area (Å²) in [5.41, 5.74) is 4.60. The Bertz CT molecular complexity index is 950. The van der Waals surface area contributed by atoms with Crippen LogP contribution in [0.3, 0.4) is 0 Å². The van der Waals surface area contributed by atoms with Gasteiger partial charge >= 0.3 is 0 Å². The van der Waals surface area contributed by atoms with E-state index in [0.29, 0.717) is 17.2 Å². The van der Waals surface area contributed by atoms with Crippen LogP contribution in [0.5, 0.6) is 0 Å². The van der Waals surface area contributed by atoms with Crippen molar-refractivity contribution in [1.29, 1.82) is 0 Å². The summed E-state index contributed by atoms with van der Waals surface area (Å²) in [5, 5.41) is 11.6. The average Bonchev–Trinajstić information content (AvgIpc) is 3.36. The number of hydrogen-bond donors (Lipinski definition) is 1. The van der Waals surface area contributed by atoms with Crippen LogP contribution in [0.25, 0.3) is 5.69 Å². The first-order valence-corrected chi connectivity index (χ1v) is 9.80. The number of rotatable bonds is 5. The number of carbonyl (C=O) groups is 1. The monoisotopic (exact) mass is 375 g/mol. The van der Waals surface area contributed by atoms with Crippen LogP contribution >= 0.6 is 0 Å². The summed E-state index contributed by atoms with van der Waals surface area (Å²) in [5.74, 6) is 0.347. The van der Waals surface area contributed by atoms with E-state index in [-0.39, 0.29) is 11.9 Å². The van der Waals surface area contributed by atoms with Crippen LogP contribution in [0.1, 0.15) is 46.4 Å². The van der Waals surface area contributed by atoms with Crippen LogP contribution in [0.15, 0.2) is 48.9 Å². The van der Waals surface area contributed by atoms with Gasteiger partial charge in [-0.1, -0.05) is 24.1 Å². The Balaban J connectivity index is 1.51. The first-order valence-electron chi connectivity index (χ1n) is 9.80. The minimum Gasteiger partial charge on any atom is -0.349 e. The van der Waals surface area contributed by atoms with Crippen molar-refractivity contribution in [2.45, 2.75) is 45.6 Å². The number of nitrogens with zero attached hydrogens (tertiary/aromatic N) is 4. The van der Waals surface area contributed by atoms with Crippen molar-refractivity contribution in [2.24, 2.45) is 5.92 Å². The van der Waals surface area contributed by atoms with Crippen molar-refractivity contribution in [3.8, 4) is 5.69 Å². The zero-order valence-electron chi connectivity index (χ0n) is 16.3. The molecule has 0 aliphatic heterocycles. The highest BCUT2D eigenvalue weighted by atomic mass is 16.1. The SMILES string of the molecule is Cc1ccc(CC2CCCC2NC(=O)c2cc(C)ccc2-n2nccn2)nc1. The maximum atomic E-state index is 13.1. The van der Waals surface area contributed by atoms with Gasteiger partial charge in [0.1, 0.15) is 0 Å². The second-order valence-electron chi connectivity index (χ2n) is 7.64. The number of carbonyl (C=O) groups excluding carboxylic acids is 1. The Morgan fingerprint density at radius 2 is 1.89 bits per heavy atom. The van der Waals surface area contributed by atoms with E-state index in [1.54, 1.807) is 12.4 Å². The fourth-order valence-electron chi connectivity index (χ4n) is 3.95. The summed E-state index contributed by atoms with van der Waals surface area (Å²) >= 11 is 0. The Labute approximate surface area is 165 Å². The fourth-order valence-corrected chi connectivity index (χ4v) is 3.95. The predicted octanol–water partition coefficient (Wildman–Crippen LogP) is 3.42. The fraction of sp³-hybridized carbons (Fsp3) is 0.364. The van der Waals surface area contributed by atoms with Gasteiger partial charge in [-0.2, -0.15) is 15.0 Å². The minimum absolute atomic E-state index is 0.0650. The van der Waals surface area contributed by atoms with Crippen LogP contribution in [-0.2, 0) is 6.42 Å². The van der Waals surface area contributed by atoms with Crippen molar-refractivity contribution in [3.05, 3.63) is 71.3 Å². The molecule has 2 heterocycles. The van der Waals surface area contributed by atoms with E-state index in [2.05, 4.69) is 32.6 Å². The van der Waals surface area contributed by atoms with Crippen LogP contribution in [0, 0.1) is 19.8 Å². The van der Waals surface area contributed by atoms with Crippen LogP contribution in [0.2, 0.25) is 0 Å². The van der Waals surface area contributed by atoms with Crippen LogP contribution in [0.4, 0.5) is 0 Å². The number of nitrogens with one attached hydrogen (secondary N) is 1. The molecule has 0 spiro atoms. The molecule has 1 amide bonds. The lowest BCUT2D eigenvalue weighted by Crippen LogP contribution is -2.38. The van der Waals surface area contributed by atoms with Crippen molar-refractivity contribution in [3.63, 3.8) is 0 Å². The Hall–Kier alpha value is -3.02. The van der Waals surface area contributed by atoms with E-state index in [9.17, 15) is 4.79 Å². The van der Waals surface area contributed by atoms with E-state index in [1.807, 2.05) is 38.2 Å². The number of aryl methyl sites for hydroxylation is 2. The number of aromatic nitrogens is 4. The minimum atomic E-state index is -0.0650. The highest BCUT2D eigenvalue weighted by Crippen LogP contribution is 2.29. The van der Waals surface area contributed by atoms with E-state index in [1.165, 1.54) is 10.4 Å². The molecule has 6 heteroatoms. The molecule has 0 radical (unpaired) electrons. The second-order valence-corrected chi connectivity index (χ2v) is 7.64. The largest absolute Gasteiger partial charge is 0.349 e. The number of amides is 1. The summed E-state index contributed by atoms with van der Waals surface area (Å²) in [6, 6.07) is 10.1. The maximum Gasteiger partial charge on any atom is 0.253 e. The van der Waals surface area contributed by atoms with Crippen molar-refractivity contribution >= 4 is 5.91 Å². The Morgan fingerprint density at radius 1 is 1.11 bits per heavy atom. The molecule has 1 N–H and O–H groups in total. The van der Waals surface area contributed by atoms with Crippen molar-refractivity contribution < 1.29 is 4.79 Å². The quantitative estimate of drug-likeness (QED) is 0.742. The normalized spacial score (nSPS) is 18.9. The number of hydrogen-bond acceptors (Lipinski definition) is 4. The first-order chi connectivity index (χ1) is 13.6. The lowest BCUT2D eigenvalue weighted by atomic mass is 9.96. The third-order valence-electron chi connectivity index (χ3n) is 5.45. The molecule has 1 aliphatic carbocycles. The van der Waals surface area contributed by atoms with Gasteiger partial charge in [0.05, 0.1) is 23.6 Å². The lowest BCUT2D eigenvalue weighted by molar-refractivity contribution is 0.0927. The maximum absolute atomic E-state index is 13.1. The predicted molar refractivity (Wildman–Crippen MR) is 107 cm³/mol. The molecule has 4 rings (SSSR count). The van der Waals surface area contributed by atoms with Gasteiger partial charge in [-0.25, -0.2) is 0 Å².